The van der Waals surface area contributed by atoms with Crippen molar-refractivity contribution in [2.45, 2.75) is 18.3 Å². The fourth-order valence-electron chi connectivity index (χ4n) is 3.27. The van der Waals surface area contributed by atoms with Gasteiger partial charge in [-0.15, -0.1) is 0 Å². The lowest BCUT2D eigenvalue weighted by atomic mass is 9.75. The van der Waals surface area contributed by atoms with Crippen LogP contribution in [0, 0.1) is 11.3 Å². The molecule has 0 aromatic heterocycles. The second-order valence-electron chi connectivity index (χ2n) is 6.06. The van der Waals surface area contributed by atoms with Crippen LogP contribution in [0.4, 0.5) is 0 Å². The quantitative estimate of drug-likeness (QED) is 0.776. The molecule has 2 aromatic rings. The average Bonchev–Trinajstić information content (AvgIpc) is 3.14. The van der Waals surface area contributed by atoms with Gasteiger partial charge in [0.2, 0.25) is 0 Å². The number of hydrogen-bond acceptors (Lipinski definition) is 2. The summed E-state index contributed by atoms with van der Waals surface area (Å²) in [5, 5.41) is 10.1. The van der Waals surface area contributed by atoms with Crippen LogP contribution in [-0.4, -0.2) is 24.5 Å². The summed E-state index contributed by atoms with van der Waals surface area (Å²) >= 11 is 0. The van der Waals surface area contributed by atoms with Crippen molar-refractivity contribution in [1.29, 1.82) is 5.26 Å². The van der Waals surface area contributed by atoms with Crippen molar-refractivity contribution in [1.82, 2.24) is 4.90 Å². The highest BCUT2D eigenvalue weighted by Crippen LogP contribution is 2.33. The maximum atomic E-state index is 10.1. The summed E-state index contributed by atoms with van der Waals surface area (Å²) in [7, 11) is 0. The summed E-state index contributed by atoms with van der Waals surface area (Å²) in [5.74, 6) is 0. The van der Waals surface area contributed by atoms with Crippen LogP contribution in [0.2, 0.25) is 0 Å². The van der Waals surface area contributed by atoms with Gasteiger partial charge in [-0.1, -0.05) is 72.8 Å². The molecular formula is C21H22N2. The number of rotatable bonds is 5. The van der Waals surface area contributed by atoms with Crippen LogP contribution in [0.5, 0.6) is 0 Å². The van der Waals surface area contributed by atoms with Gasteiger partial charge in [0.25, 0.3) is 0 Å². The highest BCUT2D eigenvalue weighted by atomic mass is 15.1. The summed E-state index contributed by atoms with van der Waals surface area (Å²) in [6.07, 6.45) is 6.81. The molecule has 2 nitrogen and oxygen atoms in total. The number of benzene rings is 2. The van der Waals surface area contributed by atoms with Crippen LogP contribution in [-0.2, 0) is 5.41 Å². The molecule has 0 radical (unpaired) electrons. The van der Waals surface area contributed by atoms with Gasteiger partial charge in [0.05, 0.1) is 6.07 Å². The average molecular weight is 302 g/mol. The predicted octanol–water partition coefficient (Wildman–Crippen LogP) is 4.15. The first-order chi connectivity index (χ1) is 11.3. The van der Waals surface area contributed by atoms with Crippen molar-refractivity contribution in [2.24, 2.45) is 0 Å². The zero-order valence-corrected chi connectivity index (χ0v) is 13.4. The predicted molar refractivity (Wildman–Crippen MR) is 94.1 cm³/mol. The minimum atomic E-state index is -0.720. The molecule has 1 heterocycles. The first-order valence-corrected chi connectivity index (χ1v) is 8.27. The molecule has 0 bridgehead atoms. The fourth-order valence-corrected chi connectivity index (χ4v) is 3.27. The highest BCUT2D eigenvalue weighted by molar-refractivity contribution is 5.50. The molecule has 0 unspecified atom stereocenters. The van der Waals surface area contributed by atoms with Gasteiger partial charge in [-0.3, -0.25) is 4.90 Å². The van der Waals surface area contributed by atoms with Gasteiger partial charge >= 0.3 is 0 Å². The van der Waals surface area contributed by atoms with E-state index in [4.69, 9.17) is 0 Å². The molecule has 0 amide bonds. The van der Waals surface area contributed by atoms with E-state index in [0.717, 1.165) is 17.7 Å². The number of nitrogens with zero attached hydrogens (tertiary/aromatic N) is 2. The number of hydrogen-bond donors (Lipinski definition) is 0. The lowest BCUT2D eigenvalue weighted by Crippen LogP contribution is -2.24. The lowest BCUT2D eigenvalue weighted by molar-refractivity contribution is 0.376. The number of nitriles is 1. The standard InChI is InChI=1S/C21H22N2/c22-18-21(19-10-3-1-4-11-19,20-12-5-2-6-13-20)14-9-17-23-15-7-8-16-23/h1-6,9-14H,7-8,15-17H2. The molecule has 1 saturated heterocycles. The third-order valence-electron chi connectivity index (χ3n) is 4.56. The third-order valence-corrected chi connectivity index (χ3v) is 4.56. The van der Waals surface area contributed by atoms with Crippen LogP contribution in [0.25, 0.3) is 0 Å². The minimum Gasteiger partial charge on any atom is -0.300 e. The van der Waals surface area contributed by atoms with E-state index < -0.39 is 5.41 Å². The van der Waals surface area contributed by atoms with Crippen molar-refractivity contribution >= 4 is 0 Å². The molecular weight excluding hydrogens is 280 g/mol. The summed E-state index contributed by atoms with van der Waals surface area (Å²) in [6, 6.07) is 22.7. The summed E-state index contributed by atoms with van der Waals surface area (Å²) in [5.41, 5.74) is 1.32. The van der Waals surface area contributed by atoms with Crippen LogP contribution >= 0.6 is 0 Å². The van der Waals surface area contributed by atoms with Crippen molar-refractivity contribution in [3.63, 3.8) is 0 Å². The largest absolute Gasteiger partial charge is 0.300 e. The molecule has 1 aliphatic heterocycles. The SMILES string of the molecule is N#CC(C=CCN1CCCC1)(c1ccccc1)c1ccccc1. The van der Waals surface area contributed by atoms with Crippen molar-refractivity contribution in [2.75, 3.05) is 19.6 Å². The van der Waals surface area contributed by atoms with E-state index >= 15 is 0 Å². The van der Waals surface area contributed by atoms with Crippen LogP contribution in [0.3, 0.4) is 0 Å². The molecule has 2 heteroatoms. The second kappa shape index (κ2) is 7.26. The number of likely N-dealkylation sites (tertiary alicyclic amines) is 1. The lowest BCUT2D eigenvalue weighted by Gasteiger charge is -2.25. The van der Waals surface area contributed by atoms with E-state index in [1.807, 2.05) is 60.7 Å². The Morgan fingerprint density at radius 2 is 1.43 bits per heavy atom. The van der Waals surface area contributed by atoms with Gasteiger partial charge in [0.1, 0.15) is 5.41 Å². The normalized spacial score (nSPS) is 15.8. The van der Waals surface area contributed by atoms with E-state index in [0.29, 0.717) is 0 Å². The van der Waals surface area contributed by atoms with Gasteiger partial charge in [-0.05, 0) is 37.1 Å². The van der Waals surface area contributed by atoms with Crippen LogP contribution < -0.4 is 0 Å². The first kappa shape index (κ1) is 15.5. The minimum absolute atomic E-state index is 0.720. The highest BCUT2D eigenvalue weighted by Gasteiger charge is 2.31. The Bertz CT molecular complexity index is 637. The summed E-state index contributed by atoms with van der Waals surface area (Å²) < 4.78 is 0. The molecule has 116 valence electrons. The molecule has 23 heavy (non-hydrogen) atoms. The van der Waals surface area contributed by atoms with Gasteiger partial charge in [-0.25, -0.2) is 0 Å². The Balaban J connectivity index is 1.96. The molecule has 2 aromatic carbocycles. The molecule has 3 rings (SSSR count). The monoisotopic (exact) mass is 302 g/mol. The Morgan fingerprint density at radius 1 is 0.913 bits per heavy atom. The summed E-state index contributed by atoms with van der Waals surface area (Å²) in [4.78, 5) is 2.44. The van der Waals surface area contributed by atoms with E-state index in [1.165, 1.54) is 25.9 Å². The molecule has 1 aliphatic rings. The zero-order chi connectivity index (χ0) is 16.0. The molecule has 0 saturated carbocycles. The molecule has 1 fully saturated rings. The Morgan fingerprint density at radius 3 is 1.91 bits per heavy atom. The molecule has 0 N–H and O–H groups in total. The first-order valence-electron chi connectivity index (χ1n) is 8.27. The maximum absolute atomic E-state index is 10.1. The molecule has 0 spiro atoms. The molecule has 0 atom stereocenters. The van der Waals surface area contributed by atoms with Crippen molar-refractivity contribution in [3.8, 4) is 6.07 Å². The summed E-state index contributed by atoms with van der Waals surface area (Å²) in [6.45, 7) is 3.25. The molecule has 0 aliphatic carbocycles. The van der Waals surface area contributed by atoms with Crippen molar-refractivity contribution in [3.05, 3.63) is 83.9 Å². The van der Waals surface area contributed by atoms with Gasteiger partial charge in [0.15, 0.2) is 0 Å². The third kappa shape index (κ3) is 3.36. The Labute approximate surface area is 138 Å². The smallest absolute Gasteiger partial charge is 0.125 e. The Kier molecular flexibility index (Phi) is 4.90. The van der Waals surface area contributed by atoms with E-state index in [9.17, 15) is 5.26 Å². The maximum Gasteiger partial charge on any atom is 0.125 e. The zero-order valence-electron chi connectivity index (χ0n) is 13.4. The van der Waals surface area contributed by atoms with Crippen LogP contribution in [0.1, 0.15) is 24.0 Å². The topological polar surface area (TPSA) is 27.0 Å². The van der Waals surface area contributed by atoms with Gasteiger partial charge in [-0.2, -0.15) is 5.26 Å². The van der Waals surface area contributed by atoms with E-state index in [-0.39, 0.29) is 0 Å². The second-order valence-corrected chi connectivity index (χ2v) is 6.06. The van der Waals surface area contributed by atoms with E-state index in [1.54, 1.807) is 0 Å². The van der Waals surface area contributed by atoms with Gasteiger partial charge in [0, 0.05) is 6.54 Å². The van der Waals surface area contributed by atoms with Crippen LogP contribution in [0.15, 0.2) is 72.8 Å². The van der Waals surface area contributed by atoms with Gasteiger partial charge < -0.3 is 0 Å². The fraction of sp³-hybridized carbons (Fsp3) is 0.286. The number of allylic oxidation sites excluding steroid dienone is 1. The Hall–Kier alpha value is -2.37. The van der Waals surface area contributed by atoms with Crippen molar-refractivity contribution < 1.29 is 0 Å². The van der Waals surface area contributed by atoms with E-state index in [2.05, 4.69) is 23.1 Å².